The zero-order chi connectivity index (χ0) is 19.3. The molecular formula is C19H25N3O4. The summed E-state index contributed by atoms with van der Waals surface area (Å²) in [5.41, 5.74) is 4.12. The largest absolute Gasteiger partial charge is 0.497 e. The lowest BCUT2D eigenvalue weighted by atomic mass is 10.2. The number of hydrogen-bond donors (Lipinski definition) is 2. The van der Waals surface area contributed by atoms with E-state index in [4.69, 9.17) is 4.74 Å². The Bertz CT molecular complexity index is 781. The molecule has 0 bridgehead atoms. The molecule has 0 aliphatic heterocycles. The molecule has 1 aromatic carbocycles. The summed E-state index contributed by atoms with van der Waals surface area (Å²) in [6.45, 7) is 5.94. The van der Waals surface area contributed by atoms with E-state index in [2.05, 4.69) is 19.9 Å². The molecule has 0 fully saturated rings. The Morgan fingerprint density at radius 1 is 1.15 bits per heavy atom. The van der Waals surface area contributed by atoms with E-state index >= 15 is 0 Å². The average molecular weight is 359 g/mol. The summed E-state index contributed by atoms with van der Waals surface area (Å²) in [5, 5.41) is 5.31. The van der Waals surface area contributed by atoms with Crippen molar-refractivity contribution in [3.8, 4) is 11.4 Å². The first-order valence-corrected chi connectivity index (χ1v) is 8.31. The molecule has 1 atom stereocenters. The zero-order valence-electron chi connectivity index (χ0n) is 15.8. The number of benzene rings is 1. The van der Waals surface area contributed by atoms with Crippen molar-refractivity contribution < 1.29 is 19.1 Å². The monoisotopic (exact) mass is 359 g/mol. The molecule has 2 aromatic rings. The first-order chi connectivity index (χ1) is 12.4. The highest BCUT2D eigenvalue weighted by molar-refractivity contribution is 5.83. The van der Waals surface area contributed by atoms with Gasteiger partial charge in [-0.1, -0.05) is 0 Å². The Hall–Kier alpha value is -2.96. The second kappa shape index (κ2) is 8.42. The molecule has 26 heavy (non-hydrogen) atoms. The van der Waals surface area contributed by atoms with Gasteiger partial charge in [-0.25, -0.2) is 9.59 Å². The fraction of sp³-hybridized carbons (Fsp3) is 0.368. The number of nitrogens with one attached hydrogen (secondary N) is 2. The van der Waals surface area contributed by atoms with Crippen molar-refractivity contribution in [2.45, 2.75) is 33.4 Å². The number of ether oxygens (including phenoxy) is 2. The molecule has 2 amide bonds. The Balaban J connectivity index is 2.07. The molecule has 0 spiro atoms. The van der Waals surface area contributed by atoms with E-state index in [9.17, 15) is 9.59 Å². The first-order valence-electron chi connectivity index (χ1n) is 8.31. The molecule has 0 saturated heterocycles. The standard InChI is InChI=1S/C19H25N3O4/c1-12-10-15(11-20-19(24)21-13(2)18(23)26-5)14(3)22(12)16-6-8-17(25-4)9-7-16/h6-10,13H,11H2,1-5H3,(H2,20,21,24)/t13-/m1/s1. The van der Waals surface area contributed by atoms with Crippen LogP contribution in [0.2, 0.25) is 0 Å². The third-order valence-corrected chi connectivity index (χ3v) is 4.21. The van der Waals surface area contributed by atoms with Crippen LogP contribution in [0.4, 0.5) is 4.79 Å². The van der Waals surface area contributed by atoms with Gasteiger partial charge in [0.15, 0.2) is 0 Å². The maximum Gasteiger partial charge on any atom is 0.328 e. The van der Waals surface area contributed by atoms with Gasteiger partial charge in [0.2, 0.25) is 0 Å². The fourth-order valence-corrected chi connectivity index (χ4v) is 2.80. The van der Waals surface area contributed by atoms with E-state index in [1.165, 1.54) is 7.11 Å². The number of rotatable bonds is 6. The third kappa shape index (κ3) is 4.36. The van der Waals surface area contributed by atoms with Crippen molar-refractivity contribution in [2.75, 3.05) is 14.2 Å². The number of aryl methyl sites for hydroxylation is 1. The topological polar surface area (TPSA) is 81.6 Å². The molecule has 2 N–H and O–H groups in total. The predicted molar refractivity (Wildman–Crippen MR) is 98.6 cm³/mol. The second-order valence-electron chi connectivity index (χ2n) is 6.00. The Kier molecular flexibility index (Phi) is 6.27. The number of carbonyl (C=O) groups excluding carboxylic acids is 2. The average Bonchev–Trinajstić information content (AvgIpc) is 2.92. The van der Waals surface area contributed by atoms with Gasteiger partial charge in [0.25, 0.3) is 0 Å². The van der Waals surface area contributed by atoms with Gasteiger partial charge in [0, 0.05) is 23.6 Å². The minimum absolute atomic E-state index is 0.357. The summed E-state index contributed by atoms with van der Waals surface area (Å²) in [5.74, 6) is 0.312. The SMILES string of the molecule is COC(=O)[C@@H](C)NC(=O)NCc1cc(C)n(-c2ccc(OC)cc2)c1C. The number of hydrogen-bond acceptors (Lipinski definition) is 4. The number of nitrogens with zero attached hydrogens (tertiary/aromatic N) is 1. The van der Waals surface area contributed by atoms with Crippen LogP contribution >= 0.6 is 0 Å². The van der Waals surface area contributed by atoms with Crippen molar-refractivity contribution >= 4 is 12.0 Å². The van der Waals surface area contributed by atoms with E-state index in [1.807, 2.05) is 44.2 Å². The van der Waals surface area contributed by atoms with Gasteiger partial charge < -0.3 is 24.7 Å². The molecule has 0 aliphatic rings. The lowest BCUT2D eigenvalue weighted by Gasteiger charge is -2.13. The van der Waals surface area contributed by atoms with Crippen LogP contribution in [0.5, 0.6) is 5.75 Å². The van der Waals surface area contributed by atoms with Crippen LogP contribution in [0.3, 0.4) is 0 Å². The summed E-state index contributed by atoms with van der Waals surface area (Å²) >= 11 is 0. The van der Waals surface area contributed by atoms with Crippen molar-refractivity contribution in [1.82, 2.24) is 15.2 Å². The molecule has 2 rings (SSSR count). The molecule has 0 unspecified atom stereocenters. The third-order valence-electron chi connectivity index (χ3n) is 4.21. The maximum absolute atomic E-state index is 11.9. The normalized spacial score (nSPS) is 11.6. The molecule has 7 heteroatoms. The smallest absolute Gasteiger partial charge is 0.328 e. The van der Waals surface area contributed by atoms with Crippen molar-refractivity contribution in [2.24, 2.45) is 0 Å². The minimum Gasteiger partial charge on any atom is -0.497 e. The van der Waals surface area contributed by atoms with Crippen LogP contribution < -0.4 is 15.4 Å². The molecule has 0 aliphatic carbocycles. The quantitative estimate of drug-likeness (QED) is 0.777. The van der Waals surface area contributed by atoms with Crippen molar-refractivity contribution in [3.05, 3.63) is 47.3 Å². The highest BCUT2D eigenvalue weighted by Crippen LogP contribution is 2.22. The molecule has 0 saturated carbocycles. The summed E-state index contributed by atoms with van der Waals surface area (Å²) < 4.78 is 11.9. The van der Waals surface area contributed by atoms with Gasteiger partial charge >= 0.3 is 12.0 Å². The number of carbonyl (C=O) groups is 2. The van der Waals surface area contributed by atoms with E-state index in [0.717, 1.165) is 28.4 Å². The minimum atomic E-state index is -0.702. The molecule has 7 nitrogen and oxygen atoms in total. The molecule has 1 aromatic heterocycles. The van der Waals surface area contributed by atoms with E-state index in [0.29, 0.717) is 6.54 Å². The predicted octanol–water partition coefficient (Wildman–Crippen LogP) is 2.46. The highest BCUT2D eigenvalue weighted by Gasteiger charge is 2.16. The summed E-state index contributed by atoms with van der Waals surface area (Å²) in [7, 11) is 2.92. The number of methoxy groups -OCH3 is 2. The molecule has 0 radical (unpaired) electrons. The first kappa shape index (κ1) is 19.4. The molecule has 140 valence electrons. The van der Waals surface area contributed by atoms with Gasteiger partial charge in [-0.2, -0.15) is 0 Å². The van der Waals surface area contributed by atoms with E-state index in [1.54, 1.807) is 14.0 Å². The molecule has 1 heterocycles. The number of esters is 1. The maximum atomic E-state index is 11.9. The second-order valence-corrected chi connectivity index (χ2v) is 6.00. The van der Waals surface area contributed by atoms with Crippen LogP contribution in [-0.2, 0) is 16.1 Å². The van der Waals surface area contributed by atoms with Gasteiger partial charge in [-0.05, 0) is 56.7 Å². The fourth-order valence-electron chi connectivity index (χ4n) is 2.80. The van der Waals surface area contributed by atoms with Gasteiger partial charge in [-0.15, -0.1) is 0 Å². The summed E-state index contributed by atoms with van der Waals surface area (Å²) in [4.78, 5) is 23.3. The lowest BCUT2D eigenvalue weighted by Crippen LogP contribution is -2.44. The number of aromatic nitrogens is 1. The van der Waals surface area contributed by atoms with Crippen LogP contribution in [0.25, 0.3) is 5.69 Å². The Morgan fingerprint density at radius 3 is 2.38 bits per heavy atom. The highest BCUT2D eigenvalue weighted by atomic mass is 16.5. The van der Waals surface area contributed by atoms with Gasteiger partial charge in [0.05, 0.1) is 14.2 Å². The van der Waals surface area contributed by atoms with Crippen molar-refractivity contribution in [3.63, 3.8) is 0 Å². The number of amides is 2. The van der Waals surface area contributed by atoms with Crippen molar-refractivity contribution in [1.29, 1.82) is 0 Å². The van der Waals surface area contributed by atoms with Crippen LogP contribution in [-0.4, -0.2) is 36.8 Å². The zero-order valence-corrected chi connectivity index (χ0v) is 15.8. The Labute approximate surface area is 153 Å². The summed E-state index contributed by atoms with van der Waals surface area (Å²) in [6, 6.07) is 8.70. The van der Waals surface area contributed by atoms with Gasteiger partial charge in [0.1, 0.15) is 11.8 Å². The number of urea groups is 1. The Morgan fingerprint density at radius 2 is 1.81 bits per heavy atom. The van der Waals surface area contributed by atoms with Gasteiger partial charge in [-0.3, -0.25) is 0 Å². The van der Waals surface area contributed by atoms with E-state index in [-0.39, 0.29) is 0 Å². The molecular weight excluding hydrogens is 334 g/mol. The van der Waals surface area contributed by atoms with Crippen LogP contribution in [0.1, 0.15) is 23.9 Å². The van der Waals surface area contributed by atoms with Crippen LogP contribution in [0, 0.1) is 13.8 Å². The van der Waals surface area contributed by atoms with E-state index < -0.39 is 18.0 Å². The lowest BCUT2D eigenvalue weighted by molar-refractivity contribution is -0.142. The van der Waals surface area contributed by atoms with Crippen LogP contribution in [0.15, 0.2) is 30.3 Å². The summed E-state index contributed by atoms with van der Waals surface area (Å²) in [6.07, 6.45) is 0.